The normalized spacial score (nSPS) is 17.5. The van der Waals surface area contributed by atoms with Gasteiger partial charge < -0.3 is 24.1 Å². The van der Waals surface area contributed by atoms with Crippen LogP contribution in [0.5, 0.6) is 5.88 Å². The highest BCUT2D eigenvalue weighted by molar-refractivity contribution is 6.13. The highest BCUT2D eigenvalue weighted by Gasteiger charge is 2.36. The Labute approximate surface area is 243 Å². The first kappa shape index (κ1) is 29.0. The zero-order valence-corrected chi connectivity index (χ0v) is 25.1. The number of amides is 2. The number of halogens is 1. The number of aryl methyl sites for hydroxylation is 2. The molecule has 0 bridgehead atoms. The number of hydrogen-bond donors (Lipinski definition) is 1. The van der Waals surface area contributed by atoms with Crippen LogP contribution in [0.15, 0.2) is 30.6 Å². The van der Waals surface area contributed by atoms with Crippen LogP contribution in [0, 0.1) is 19.7 Å². The second-order valence-corrected chi connectivity index (χ2v) is 11.8. The highest BCUT2D eigenvalue weighted by atomic mass is 19.1. The van der Waals surface area contributed by atoms with Gasteiger partial charge in [-0.25, -0.2) is 24.1 Å². The van der Waals surface area contributed by atoms with Crippen molar-refractivity contribution in [1.29, 1.82) is 0 Å². The summed E-state index contributed by atoms with van der Waals surface area (Å²) < 4.78 is 27.3. The van der Waals surface area contributed by atoms with Crippen LogP contribution in [-0.2, 0) is 4.74 Å². The van der Waals surface area contributed by atoms with Crippen molar-refractivity contribution in [3.05, 3.63) is 53.4 Å². The van der Waals surface area contributed by atoms with Gasteiger partial charge >= 0.3 is 6.09 Å². The number of carbonyl (C=O) groups is 2. The maximum atomic E-state index is 14.7. The number of piperazine rings is 1. The number of ether oxygens (including phenoxy) is 2. The van der Waals surface area contributed by atoms with E-state index >= 15 is 0 Å². The molecule has 11 nitrogen and oxygen atoms in total. The van der Waals surface area contributed by atoms with Crippen molar-refractivity contribution in [3.63, 3.8) is 0 Å². The molecule has 1 aliphatic rings. The van der Waals surface area contributed by atoms with Gasteiger partial charge in [0.2, 0.25) is 5.88 Å². The number of hydrogen-bond acceptors (Lipinski definition) is 8. The van der Waals surface area contributed by atoms with E-state index < -0.39 is 17.3 Å². The number of methoxy groups -OCH3 is 1. The third kappa shape index (κ3) is 5.53. The van der Waals surface area contributed by atoms with Gasteiger partial charge in [0.25, 0.3) is 5.91 Å². The zero-order chi connectivity index (χ0) is 30.5. The van der Waals surface area contributed by atoms with E-state index in [4.69, 9.17) is 19.4 Å². The summed E-state index contributed by atoms with van der Waals surface area (Å²) in [6, 6.07) is 4.45. The summed E-state index contributed by atoms with van der Waals surface area (Å²) in [5, 5.41) is 2.79. The Morgan fingerprint density at radius 3 is 2.36 bits per heavy atom. The fourth-order valence-electron chi connectivity index (χ4n) is 5.46. The van der Waals surface area contributed by atoms with Crippen molar-refractivity contribution in [1.82, 2.24) is 24.3 Å². The second kappa shape index (κ2) is 10.7. The van der Waals surface area contributed by atoms with Gasteiger partial charge in [-0.1, -0.05) is 0 Å². The van der Waals surface area contributed by atoms with Crippen molar-refractivity contribution < 1.29 is 23.5 Å². The van der Waals surface area contributed by atoms with Crippen molar-refractivity contribution in [3.8, 4) is 5.88 Å². The number of carbonyl (C=O) groups excluding carboxylic acids is 2. The topological polar surface area (TPSA) is 114 Å². The molecule has 2 amide bonds. The molecule has 0 saturated carbocycles. The van der Waals surface area contributed by atoms with E-state index in [0.29, 0.717) is 41.4 Å². The molecule has 1 aromatic carbocycles. The third-order valence-corrected chi connectivity index (χ3v) is 7.12. The van der Waals surface area contributed by atoms with Crippen LogP contribution in [-0.4, -0.2) is 74.1 Å². The van der Waals surface area contributed by atoms with Crippen LogP contribution in [0.4, 0.5) is 20.6 Å². The number of nitrogens with one attached hydrogen (secondary N) is 1. The highest BCUT2D eigenvalue weighted by Crippen LogP contribution is 2.33. The second-order valence-electron chi connectivity index (χ2n) is 11.8. The molecule has 1 N–H and O–H groups in total. The lowest BCUT2D eigenvalue weighted by molar-refractivity contribution is 0.00566. The Hall–Kier alpha value is -4.48. The van der Waals surface area contributed by atoms with Gasteiger partial charge in [0, 0.05) is 31.5 Å². The summed E-state index contributed by atoms with van der Waals surface area (Å²) in [4.78, 5) is 44.0. The smallest absolute Gasteiger partial charge is 0.410 e. The lowest BCUT2D eigenvalue weighted by Crippen LogP contribution is -2.59. The van der Waals surface area contributed by atoms with Crippen LogP contribution in [0.25, 0.3) is 16.7 Å². The molecule has 5 rings (SSSR count). The maximum absolute atomic E-state index is 14.7. The van der Waals surface area contributed by atoms with Crippen LogP contribution >= 0.6 is 0 Å². The van der Waals surface area contributed by atoms with E-state index in [9.17, 15) is 14.0 Å². The predicted molar refractivity (Wildman–Crippen MR) is 158 cm³/mol. The minimum Gasteiger partial charge on any atom is -0.480 e. The molecule has 3 aromatic heterocycles. The molecular weight excluding hydrogens is 541 g/mol. The van der Waals surface area contributed by atoms with Crippen LogP contribution in [0.2, 0.25) is 0 Å². The summed E-state index contributed by atoms with van der Waals surface area (Å²) in [5.41, 5.74) is 2.96. The quantitative estimate of drug-likeness (QED) is 0.355. The van der Waals surface area contributed by atoms with E-state index in [1.165, 1.54) is 17.6 Å². The Balaban J connectivity index is 1.50. The van der Waals surface area contributed by atoms with E-state index in [2.05, 4.69) is 15.2 Å². The molecule has 1 aliphatic heterocycles. The molecule has 2 atom stereocenters. The number of rotatable bonds is 4. The minimum absolute atomic E-state index is 0.154. The lowest BCUT2D eigenvalue weighted by Gasteiger charge is -2.45. The fraction of sp³-hybridized carbons (Fsp3) is 0.433. The van der Waals surface area contributed by atoms with E-state index in [0.717, 1.165) is 5.69 Å². The molecule has 1 fully saturated rings. The van der Waals surface area contributed by atoms with Crippen molar-refractivity contribution in [2.45, 2.75) is 66.2 Å². The molecule has 42 heavy (non-hydrogen) atoms. The first-order valence-electron chi connectivity index (χ1n) is 13.8. The molecular formula is C30H36FN7O4. The fourth-order valence-corrected chi connectivity index (χ4v) is 5.46. The van der Waals surface area contributed by atoms with E-state index in [-0.39, 0.29) is 35.1 Å². The average Bonchev–Trinajstić information content (AvgIpc) is 3.26. The standard InChI is InChI=1S/C30H36FN7O4/c1-16-12-37-15-20(11-22(31)26(37)32-16)34-27(39)21-9-10-23(25-24(21)33-19(4)28(35-25)41-8)36-13-17(2)38(18(3)14-36)29(40)42-30(5,6)7/h9-12,15,17-18H,13-14H2,1-8H3,(H,34,39)/t17-,18+. The zero-order valence-electron chi connectivity index (χ0n) is 25.1. The first-order chi connectivity index (χ1) is 19.8. The number of pyridine rings is 1. The molecule has 4 heterocycles. The molecule has 12 heteroatoms. The Morgan fingerprint density at radius 2 is 1.71 bits per heavy atom. The number of anilines is 2. The van der Waals surface area contributed by atoms with Gasteiger partial charge in [-0.3, -0.25) is 9.69 Å². The van der Waals surface area contributed by atoms with E-state index in [1.54, 1.807) is 37.2 Å². The monoisotopic (exact) mass is 577 g/mol. The SMILES string of the molecule is COc1nc2c(N3C[C@@H](C)N(C(=O)OC(C)(C)C)[C@@H](C)C3)ccc(C(=O)Nc3cc(F)c4nc(C)cn4c3)c2nc1C. The lowest BCUT2D eigenvalue weighted by atomic mass is 10.0. The summed E-state index contributed by atoms with van der Waals surface area (Å²) in [7, 11) is 1.52. The predicted octanol–water partition coefficient (Wildman–Crippen LogP) is 5.13. The first-order valence-corrected chi connectivity index (χ1v) is 13.8. The maximum Gasteiger partial charge on any atom is 0.410 e. The van der Waals surface area contributed by atoms with Gasteiger partial charge in [-0.2, -0.15) is 0 Å². The Morgan fingerprint density at radius 1 is 1.02 bits per heavy atom. The van der Waals surface area contributed by atoms with Crippen molar-refractivity contribution >= 4 is 40.1 Å². The summed E-state index contributed by atoms with van der Waals surface area (Å²) in [6.45, 7) is 14.1. The Kier molecular flexibility index (Phi) is 7.42. The Bertz CT molecular complexity index is 1690. The molecule has 222 valence electrons. The van der Waals surface area contributed by atoms with Crippen LogP contribution < -0.4 is 15.0 Å². The molecule has 0 radical (unpaired) electrons. The van der Waals surface area contributed by atoms with Gasteiger partial charge in [-0.05, 0) is 60.6 Å². The van der Waals surface area contributed by atoms with Crippen molar-refractivity contribution in [2.75, 3.05) is 30.4 Å². The van der Waals surface area contributed by atoms with Gasteiger partial charge in [0.15, 0.2) is 11.5 Å². The molecule has 0 aliphatic carbocycles. The molecule has 4 aromatic rings. The van der Waals surface area contributed by atoms with Gasteiger partial charge in [-0.15, -0.1) is 0 Å². The summed E-state index contributed by atoms with van der Waals surface area (Å²) in [6.07, 6.45) is 2.94. The van der Waals surface area contributed by atoms with Crippen molar-refractivity contribution in [2.24, 2.45) is 0 Å². The number of nitrogens with zero attached hydrogens (tertiary/aromatic N) is 6. The number of fused-ring (bicyclic) bond motifs is 2. The summed E-state index contributed by atoms with van der Waals surface area (Å²) >= 11 is 0. The minimum atomic E-state index is -0.598. The third-order valence-electron chi connectivity index (χ3n) is 7.12. The van der Waals surface area contributed by atoms with Gasteiger partial charge in [0.05, 0.1) is 41.8 Å². The largest absolute Gasteiger partial charge is 0.480 e. The number of imidazole rings is 1. The van der Waals surface area contributed by atoms with Crippen LogP contribution in [0.3, 0.4) is 0 Å². The van der Waals surface area contributed by atoms with Crippen LogP contribution in [0.1, 0.15) is 56.4 Å². The number of aromatic nitrogens is 4. The molecule has 0 spiro atoms. The van der Waals surface area contributed by atoms with Gasteiger partial charge in [0.1, 0.15) is 22.3 Å². The molecule has 0 unspecified atom stereocenters. The average molecular weight is 578 g/mol. The summed E-state index contributed by atoms with van der Waals surface area (Å²) in [5.74, 6) is -0.662. The number of benzene rings is 1. The van der Waals surface area contributed by atoms with E-state index in [1.807, 2.05) is 40.7 Å². The molecule has 1 saturated heterocycles.